The molecule has 12 nitrogen and oxygen atoms in total. The molecule has 4 aromatic rings. The van der Waals surface area contributed by atoms with Crippen LogP contribution in [0.1, 0.15) is 36.8 Å². The third-order valence-electron chi connectivity index (χ3n) is 8.17. The van der Waals surface area contributed by atoms with E-state index in [0.717, 1.165) is 16.7 Å². The Labute approximate surface area is 265 Å². The lowest BCUT2D eigenvalue weighted by atomic mass is 9.90. The summed E-state index contributed by atoms with van der Waals surface area (Å²) in [6, 6.07) is 15.2. The number of ether oxygens (including phenoxy) is 1. The molecule has 1 saturated carbocycles. The molecule has 0 bridgehead atoms. The van der Waals surface area contributed by atoms with Crippen LogP contribution in [-0.2, 0) is 18.3 Å². The number of carbonyl (C=O) groups excluding carboxylic acids is 1. The van der Waals surface area contributed by atoms with E-state index in [-0.39, 0.29) is 48.6 Å². The number of nitrogens with zero attached hydrogens (tertiary/aromatic N) is 8. The number of pyridine rings is 1. The highest BCUT2D eigenvalue weighted by atomic mass is 19.3. The van der Waals surface area contributed by atoms with Gasteiger partial charge in [0.15, 0.2) is 5.82 Å². The van der Waals surface area contributed by atoms with Crippen molar-refractivity contribution in [3.8, 4) is 17.2 Å². The molecule has 0 spiro atoms. The van der Waals surface area contributed by atoms with Gasteiger partial charge in [0, 0.05) is 55.7 Å². The Morgan fingerprint density at radius 3 is 2.57 bits per heavy atom. The number of urea groups is 1. The van der Waals surface area contributed by atoms with Crippen LogP contribution in [0.3, 0.4) is 0 Å². The average molecular weight is 629 g/mol. The lowest BCUT2D eigenvalue weighted by Crippen LogP contribution is -2.49. The van der Waals surface area contributed by atoms with Gasteiger partial charge in [0.05, 0.1) is 19.0 Å². The topological polar surface area (TPSA) is 137 Å². The SMILES string of the molecule is Cn1cc(-c2ccc(N(C(=O)NCc3ccccc3)C3CCC(Nc4ncc(C#N)c(N5CCOC(F)(F)C5)n4)CC3)nc2)cn1. The summed E-state index contributed by atoms with van der Waals surface area (Å²) in [7, 11) is 1.85. The Morgan fingerprint density at radius 1 is 1.09 bits per heavy atom. The van der Waals surface area contributed by atoms with E-state index in [9.17, 15) is 18.8 Å². The first-order chi connectivity index (χ1) is 22.3. The Bertz CT molecular complexity index is 1690. The number of halogens is 2. The summed E-state index contributed by atoms with van der Waals surface area (Å²) in [6.45, 7) is -0.298. The highest BCUT2D eigenvalue weighted by Crippen LogP contribution is 2.31. The summed E-state index contributed by atoms with van der Waals surface area (Å²) >= 11 is 0. The lowest BCUT2D eigenvalue weighted by molar-refractivity contribution is -0.240. The van der Waals surface area contributed by atoms with Crippen molar-refractivity contribution in [1.82, 2.24) is 30.0 Å². The molecular formula is C32H34F2N10O2. The number of nitrogens with one attached hydrogen (secondary N) is 2. The number of aryl methyl sites for hydroxylation is 1. The molecule has 1 aliphatic carbocycles. The molecule has 2 aliphatic rings. The number of hydrogen-bond donors (Lipinski definition) is 2. The van der Waals surface area contributed by atoms with Crippen molar-refractivity contribution in [2.24, 2.45) is 7.05 Å². The molecule has 2 N–H and O–H groups in total. The second-order valence-corrected chi connectivity index (χ2v) is 11.4. The van der Waals surface area contributed by atoms with Gasteiger partial charge in [-0.2, -0.15) is 24.1 Å². The molecule has 0 unspecified atom stereocenters. The summed E-state index contributed by atoms with van der Waals surface area (Å²) in [4.78, 5) is 30.2. The fourth-order valence-electron chi connectivity index (χ4n) is 5.84. The average Bonchev–Trinajstić information content (AvgIpc) is 3.51. The number of nitriles is 1. The Kier molecular flexibility index (Phi) is 9.02. The zero-order valence-electron chi connectivity index (χ0n) is 25.3. The van der Waals surface area contributed by atoms with Gasteiger partial charge in [-0.3, -0.25) is 9.58 Å². The maximum atomic E-state index is 13.9. The fraction of sp³-hybridized carbons (Fsp3) is 0.375. The highest BCUT2D eigenvalue weighted by Gasteiger charge is 2.38. The van der Waals surface area contributed by atoms with Crippen molar-refractivity contribution in [3.05, 3.63) is 78.4 Å². The Balaban J connectivity index is 1.15. The predicted octanol–water partition coefficient (Wildman–Crippen LogP) is 4.71. The standard InChI is InChI=1S/C32H34F2N10O2/c1-42-20-25(19-39-42)23-7-12-28(36-17-23)44(31(45)38-16-22-5-3-2-4-6-22)27-10-8-26(9-11-27)40-30-37-18-24(15-35)29(41-30)43-13-14-46-32(33,34)21-43/h2-7,12,17-20,26-27H,8-11,13-14,16,21H2,1H3,(H,38,45)(H,37,40,41). The molecular weight excluding hydrogens is 594 g/mol. The molecule has 1 saturated heterocycles. The monoisotopic (exact) mass is 628 g/mol. The lowest BCUT2D eigenvalue weighted by Gasteiger charge is -2.36. The summed E-state index contributed by atoms with van der Waals surface area (Å²) in [6.07, 6.45) is 6.23. The summed E-state index contributed by atoms with van der Waals surface area (Å²) in [5.74, 6) is 0.966. The summed E-state index contributed by atoms with van der Waals surface area (Å²) in [5.41, 5.74) is 2.94. The van der Waals surface area contributed by atoms with Crippen molar-refractivity contribution in [2.75, 3.05) is 34.8 Å². The number of rotatable bonds is 8. The highest BCUT2D eigenvalue weighted by molar-refractivity contribution is 5.91. The first-order valence-electron chi connectivity index (χ1n) is 15.1. The number of benzene rings is 1. The van der Waals surface area contributed by atoms with Crippen molar-refractivity contribution in [1.29, 1.82) is 5.26 Å². The van der Waals surface area contributed by atoms with Gasteiger partial charge in [0.2, 0.25) is 5.95 Å². The van der Waals surface area contributed by atoms with Crippen molar-refractivity contribution >= 4 is 23.6 Å². The fourth-order valence-corrected chi connectivity index (χ4v) is 5.84. The quantitative estimate of drug-likeness (QED) is 0.284. The minimum absolute atomic E-state index is 0.0155. The van der Waals surface area contributed by atoms with Crippen LogP contribution in [0.2, 0.25) is 0 Å². The normalized spacial score (nSPS) is 19.2. The van der Waals surface area contributed by atoms with Crippen LogP contribution < -0.4 is 20.4 Å². The first-order valence-corrected chi connectivity index (χ1v) is 15.1. The number of aromatic nitrogens is 5. The number of alkyl halides is 2. The maximum Gasteiger partial charge on any atom is 0.373 e. The van der Waals surface area contributed by atoms with Gasteiger partial charge in [0.25, 0.3) is 0 Å². The van der Waals surface area contributed by atoms with E-state index in [1.165, 1.54) is 11.1 Å². The maximum absolute atomic E-state index is 13.9. The number of morpholine rings is 1. The predicted molar refractivity (Wildman–Crippen MR) is 167 cm³/mol. The van der Waals surface area contributed by atoms with E-state index >= 15 is 0 Å². The molecule has 1 aliphatic heterocycles. The molecule has 14 heteroatoms. The van der Waals surface area contributed by atoms with Crippen LogP contribution in [0.4, 0.5) is 31.2 Å². The molecule has 6 rings (SSSR count). The smallest absolute Gasteiger partial charge is 0.351 e. The van der Waals surface area contributed by atoms with E-state index < -0.39 is 12.7 Å². The van der Waals surface area contributed by atoms with Gasteiger partial charge in [-0.1, -0.05) is 30.3 Å². The largest absolute Gasteiger partial charge is 0.373 e. The summed E-state index contributed by atoms with van der Waals surface area (Å²) < 4.78 is 34.1. The van der Waals surface area contributed by atoms with E-state index in [0.29, 0.717) is 38.0 Å². The molecule has 2 fully saturated rings. The number of carbonyl (C=O) groups is 1. The Hall–Kier alpha value is -5.16. The van der Waals surface area contributed by atoms with Crippen molar-refractivity contribution in [2.45, 2.75) is 50.4 Å². The Morgan fingerprint density at radius 2 is 1.89 bits per heavy atom. The van der Waals surface area contributed by atoms with Crippen molar-refractivity contribution in [3.63, 3.8) is 0 Å². The molecule has 1 aromatic carbocycles. The molecule has 4 heterocycles. The molecule has 2 amide bonds. The summed E-state index contributed by atoms with van der Waals surface area (Å²) in [5, 5.41) is 20.1. The third kappa shape index (κ3) is 7.21. The van der Waals surface area contributed by atoms with E-state index in [2.05, 4.69) is 35.4 Å². The van der Waals surface area contributed by atoms with Gasteiger partial charge in [-0.05, 0) is 43.4 Å². The van der Waals surface area contributed by atoms with Crippen LogP contribution in [-0.4, -0.2) is 68.7 Å². The van der Waals surface area contributed by atoms with Gasteiger partial charge >= 0.3 is 12.1 Å². The third-order valence-corrected chi connectivity index (χ3v) is 8.17. The van der Waals surface area contributed by atoms with E-state index in [1.807, 2.05) is 61.8 Å². The second-order valence-electron chi connectivity index (χ2n) is 11.4. The molecule has 0 radical (unpaired) electrons. The van der Waals surface area contributed by atoms with Gasteiger partial charge in [0.1, 0.15) is 24.0 Å². The van der Waals surface area contributed by atoms with E-state index in [1.54, 1.807) is 22.0 Å². The van der Waals surface area contributed by atoms with Gasteiger partial charge in [-0.25, -0.2) is 14.8 Å². The minimum Gasteiger partial charge on any atom is -0.351 e. The van der Waals surface area contributed by atoms with Gasteiger partial charge in [-0.15, -0.1) is 0 Å². The van der Waals surface area contributed by atoms with Crippen LogP contribution in [0.5, 0.6) is 0 Å². The molecule has 238 valence electrons. The van der Waals surface area contributed by atoms with E-state index in [4.69, 9.17) is 0 Å². The molecule has 3 aromatic heterocycles. The van der Waals surface area contributed by atoms with Crippen LogP contribution in [0.25, 0.3) is 11.1 Å². The number of hydrogen-bond acceptors (Lipinski definition) is 9. The molecule has 0 atom stereocenters. The zero-order valence-corrected chi connectivity index (χ0v) is 25.3. The number of amides is 2. The van der Waals surface area contributed by atoms with Crippen molar-refractivity contribution < 1.29 is 18.3 Å². The minimum atomic E-state index is -3.32. The first kappa shape index (κ1) is 30.8. The van der Waals surface area contributed by atoms with Crippen LogP contribution >= 0.6 is 0 Å². The number of anilines is 3. The zero-order chi connectivity index (χ0) is 32.1. The van der Waals surface area contributed by atoms with Gasteiger partial charge < -0.3 is 20.3 Å². The van der Waals surface area contributed by atoms with Crippen LogP contribution in [0.15, 0.2) is 67.3 Å². The van der Waals surface area contributed by atoms with Crippen LogP contribution in [0, 0.1) is 11.3 Å². The second kappa shape index (κ2) is 13.5. The molecule has 46 heavy (non-hydrogen) atoms.